The quantitative estimate of drug-likeness (QED) is 0.866. The molecular formula is C20H25NO2. The Morgan fingerprint density at radius 2 is 1.61 bits per heavy atom. The van der Waals surface area contributed by atoms with Crippen molar-refractivity contribution in [3.05, 3.63) is 65.2 Å². The average Bonchev–Trinajstić information content (AvgIpc) is 2.55. The zero-order chi connectivity index (χ0) is 16.8. The zero-order valence-corrected chi connectivity index (χ0v) is 14.3. The fourth-order valence-corrected chi connectivity index (χ4v) is 2.57. The highest BCUT2D eigenvalue weighted by Crippen LogP contribution is 2.20. The lowest BCUT2D eigenvalue weighted by atomic mass is 9.99. The molecule has 23 heavy (non-hydrogen) atoms. The molecule has 122 valence electrons. The molecule has 0 aliphatic rings. The van der Waals surface area contributed by atoms with E-state index in [2.05, 4.69) is 43.4 Å². The third-order valence-corrected chi connectivity index (χ3v) is 4.02. The van der Waals surface area contributed by atoms with E-state index >= 15 is 0 Å². The molecule has 0 saturated heterocycles. The summed E-state index contributed by atoms with van der Waals surface area (Å²) in [7, 11) is 1.62. The third kappa shape index (κ3) is 4.59. The number of ether oxygens (including phenoxy) is 1. The van der Waals surface area contributed by atoms with Crippen LogP contribution in [0.15, 0.2) is 48.5 Å². The SMILES string of the molecule is COc1ccccc1CC(=O)NC(C)c1ccc(C(C)C)cc1. The van der Waals surface area contributed by atoms with Crippen LogP contribution < -0.4 is 10.1 Å². The van der Waals surface area contributed by atoms with E-state index in [-0.39, 0.29) is 11.9 Å². The highest BCUT2D eigenvalue weighted by atomic mass is 16.5. The fourth-order valence-electron chi connectivity index (χ4n) is 2.57. The minimum absolute atomic E-state index is 0.00469. The molecule has 2 aromatic rings. The first-order chi connectivity index (χ1) is 11.0. The molecule has 0 fully saturated rings. The Morgan fingerprint density at radius 1 is 1.00 bits per heavy atom. The summed E-state index contributed by atoms with van der Waals surface area (Å²) in [6.07, 6.45) is 0.318. The highest BCUT2D eigenvalue weighted by molar-refractivity contribution is 5.79. The van der Waals surface area contributed by atoms with Crippen molar-refractivity contribution < 1.29 is 9.53 Å². The lowest BCUT2D eigenvalue weighted by Crippen LogP contribution is -2.28. The van der Waals surface area contributed by atoms with Crippen molar-refractivity contribution in [2.45, 2.75) is 39.2 Å². The predicted molar refractivity (Wildman–Crippen MR) is 93.8 cm³/mol. The molecule has 0 saturated carbocycles. The fraction of sp³-hybridized carbons (Fsp3) is 0.350. The van der Waals surface area contributed by atoms with Crippen molar-refractivity contribution in [3.63, 3.8) is 0 Å². The van der Waals surface area contributed by atoms with Gasteiger partial charge < -0.3 is 10.1 Å². The number of hydrogen-bond donors (Lipinski definition) is 1. The second-order valence-electron chi connectivity index (χ2n) is 6.10. The van der Waals surface area contributed by atoms with Gasteiger partial charge in [0.05, 0.1) is 19.6 Å². The summed E-state index contributed by atoms with van der Waals surface area (Å²) in [6.45, 7) is 6.35. The van der Waals surface area contributed by atoms with E-state index in [1.807, 2.05) is 31.2 Å². The third-order valence-electron chi connectivity index (χ3n) is 4.02. The summed E-state index contributed by atoms with van der Waals surface area (Å²) in [5.74, 6) is 1.26. The molecule has 0 bridgehead atoms. The Bertz CT molecular complexity index is 647. The number of para-hydroxylation sites is 1. The van der Waals surface area contributed by atoms with Crippen LogP contribution in [0.5, 0.6) is 5.75 Å². The number of methoxy groups -OCH3 is 1. The van der Waals surface area contributed by atoms with E-state index in [1.165, 1.54) is 5.56 Å². The Labute approximate surface area is 138 Å². The standard InChI is InChI=1S/C20H25NO2/c1-14(2)16-9-11-17(12-10-16)15(3)21-20(22)13-18-7-5-6-8-19(18)23-4/h5-12,14-15H,13H2,1-4H3,(H,21,22). The average molecular weight is 311 g/mol. The summed E-state index contributed by atoms with van der Waals surface area (Å²) in [5, 5.41) is 3.05. The van der Waals surface area contributed by atoms with E-state index in [4.69, 9.17) is 4.74 Å². The van der Waals surface area contributed by atoms with Crippen molar-refractivity contribution in [2.24, 2.45) is 0 Å². The number of carbonyl (C=O) groups is 1. The molecular weight excluding hydrogens is 286 g/mol. The molecule has 0 aromatic heterocycles. The maximum atomic E-state index is 12.3. The van der Waals surface area contributed by atoms with Crippen molar-refractivity contribution in [1.29, 1.82) is 0 Å². The van der Waals surface area contributed by atoms with Gasteiger partial charge in [0.1, 0.15) is 5.75 Å². The molecule has 3 heteroatoms. The van der Waals surface area contributed by atoms with Crippen LogP contribution in [0.2, 0.25) is 0 Å². The number of nitrogens with one attached hydrogen (secondary N) is 1. The molecule has 3 nitrogen and oxygen atoms in total. The Kier molecular flexibility index (Phi) is 5.80. The highest BCUT2D eigenvalue weighted by Gasteiger charge is 2.12. The number of carbonyl (C=O) groups excluding carboxylic acids is 1. The molecule has 0 spiro atoms. The molecule has 1 atom stereocenters. The van der Waals surface area contributed by atoms with Gasteiger partial charge in [0, 0.05) is 5.56 Å². The minimum Gasteiger partial charge on any atom is -0.496 e. The molecule has 2 aromatic carbocycles. The second kappa shape index (κ2) is 7.82. The summed E-state index contributed by atoms with van der Waals surface area (Å²) in [6, 6.07) is 16.0. The first-order valence-corrected chi connectivity index (χ1v) is 8.02. The Morgan fingerprint density at radius 3 is 2.22 bits per heavy atom. The van der Waals surface area contributed by atoms with Crippen LogP contribution in [-0.2, 0) is 11.2 Å². The Hall–Kier alpha value is -2.29. The van der Waals surface area contributed by atoms with Crippen molar-refractivity contribution in [3.8, 4) is 5.75 Å². The molecule has 1 N–H and O–H groups in total. The zero-order valence-electron chi connectivity index (χ0n) is 14.3. The van der Waals surface area contributed by atoms with Crippen molar-refractivity contribution >= 4 is 5.91 Å². The van der Waals surface area contributed by atoms with Gasteiger partial charge >= 0.3 is 0 Å². The topological polar surface area (TPSA) is 38.3 Å². The van der Waals surface area contributed by atoms with Gasteiger partial charge in [-0.15, -0.1) is 0 Å². The van der Waals surface area contributed by atoms with E-state index in [0.717, 1.165) is 16.9 Å². The van der Waals surface area contributed by atoms with Crippen LogP contribution in [0.3, 0.4) is 0 Å². The maximum absolute atomic E-state index is 12.3. The summed E-state index contributed by atoms with van der Waals surface area (Å²) in [4.78, 5) is 12.3. The van der Waals surface area contributed by atoms with Crippen LogP contribution in [-0.4, -0.2) is 13.0 Å². The molecule has 1 amide bonds. The number of benzene rings is 2. The van der Waals surface area contributed by atoms with Crippen LogP contribution in [0.4, 0.5) is 0 Å². The van der Waals surface area contributed by atoms with Gasteiger partial charge in [-0.3, -0.25) is 4.79 Å². The van der Waals surface area contributed by atoms with Crippen molar-refractivity contribution in [2.75, 3.05) is 7.11 Å². The van der Waals surface area contributed by atoms with Gasteiger partial charge in [-0.1, -0.05) is 56.3 Å². The molecule has 0 aliphatic carbocycles. The molecule has 0 radical (unpaired) electrons. The Balaban J connectivity index is 1.99. The first kappa shape index (κ1) is 17.1. The largest absolute Gasteiger partial charge is 0.496 e. The summed E-state index contributed by atoms with van der Waals surface area (Å²) >= 11 is 0. The van der Waals surface area contributed by atoms with Crippen LogP contribution in [0, 0.1) is 0 Å². The first-order valence-electron chi connectivity index (χ1n) is 8.02. The van der Waals surface area contributed by atoms with Crippen LogP contribution in [0.25, 0.3) is 0 Å². The monoisotopic (exact) mass is 311 g/mol. The lowest BCUT2D eigenvalue weighted by molar-refractivity contribution is -0.121. The number of hydrogen-bond acceptors (Lipinski definition) is 2. The minimum atomic E-state index is -0.0154. The van der Waals surface area contributed by atoms with Crippen LogP contribution >= 0.6 is 0 Å². The maximum Gasteiger partial charge on any atom is 0.225 e. The van der Waals surface area contributed by atoms with E-state index < -0.39 is 0 Å². The van der Waals surface area contributed by atoms with E-state index in [0.29, 0.717) is 12.3 Å². The summed E-state index contributed by atoms with van der Waals surface area (Å²) in [5.41, 5.74) is 3.32. The van der Waals surface area contributed by atoms with Crippen LogP contribution in [0.1, 0.15) is 49.4 Å². The smallest absolute Gasteiger partial charge is 0.225 e. The molecule has 1 unspecified atom stereocenters. The van der Waals surface area contributed by atoms with Gasteiger partial charge in [0.15, 0.2) is 0 Å². The van der Waals surface area contributed by atoms with Gasteiger partial charge in [-0.2, -0.15) is 0 Å². The second-order valence-corrected chi connectivity index (χ2v) is 6.10. The number of rotatable bonds is 6. The summed E-state index contributed by atoms with van der Waals surface area (Å²) < 4.78 is 5.29. The van der Waals surface area contributed by atoms with Gasteiger partial charge in [-0.05, 0) is 30.0 Å². The van der Waals surface area contributed by atoms with Gasteiger partial charge in [-0.25, -0.2) is 0 Å². The van der Waals surface area contributed by atoms with E-state index in [9.17, 15) is 4.79 Å². The van der Waals surface area contributed by atoms with Gasteiger partial charge in [0.2, 0.25) is 5.91 Å². The molecule has 0 heterocycles. The van der Waals surface area contributed by atoms with E-state index in [1.54, 1.807) is 7.11 Å². The lowest BCUT2D eigenvalue weighted by Gasteiger charge is -2.16. The normalized spacial score (nSPS) is 12.0. The molecule has 2 rings (SSSR count). The van der Waals surface area contributed by atoms with Crippen molar-refractivity contribution in [1.82, 2.24) is 5.32 Å². The number of amides is 1. The molecule has 0 aliphatic heterocycles. The van der Waals surface area contributed by atoms with Gasteiger partial charge in [0.25, 0.3) is 0 Å². The predicted octanol–water partition coefficient (Wildman–Crippen LogP) is 4.24.